The highest BCUT2D eigenvalue weighted by Crippen LogP contribution is 2.21. The maximum Gasteiger partial charge on any atom is 0.422 e. The summed E-state index contributed by atoms with van der Waals surface area (Å²) < 4.78 is 31.7. The second-order valence-electron chi connectivity index (χ2n) is 3.96. The first-order valence-electron chi connectivity index (χ1n) is 5.44. The minimum atomic E-state index is -4.21. The highest BCUT2D eigenvalue weighted by Gasteiger charge is 2.18. The van der Waals surface area contributed by atoms with Crippen molar-refractivity contribution in [3.05, 3.63) is 28.8 Å². The number of nitriles is 1. The average molecular weight is 318 g/mol. The molecule has 0 radical (unpaired) electrons. The van der Waals surface area contributed by atoms with Gasteiger partial charge in [0, 0.05) is 5.02 Å². The minimum Gasteiger partial charge on any atom is -0.446 e. The van der Waals surface area contributed by atoms with Crippen LogP contribution in [0.3, 0.4) is 0 Å². The lowest BCUT2D eigenvalue weighted by atomic mass is 10.2. The summed E-state index contributed by atoms with van der Waals surface area (Å²) in [6.07, 6.45) is -1.58. The first kappa shape index (κ1) is 16.1. The number of hydrogen-bond donors (Lipinski definition) is 2. The van der Waals surface area contributed by atoms with Crippen molar-refractivity contribution in [3.63, 3.8) is 0 Å². The van der Waals surface area contributed by atoms with Gasteiger partial charge in [-0.25, -0.2) is 9.52 Å². The first-order valence-corrected chi connectivity index (χ1v) is 7.30. The average Bonchev–Trinajstić information content (AvgIpc) is 2.26. The molecular formula is C11H12ClN3O4S. The first-order chi connectivity index (χ1) is 9.23. The van der Waals surface area contributed by atoms with Crippen molar-refractivity contribution >= 4 is 33.6 Å². The Morgan fingerprint density at radius 1 is 1.45 bits per heavy atom. The summed E-state index contributed by atoms with van der Waals surface area (Å²) in [5, 5.41) is 9.11. The van der Waals surface area contributed by atoms with Crippen molar-refractivity contribution in [2.24, 2.45) is 0 Å². The van der Waals surface area contributed by atoms with Crippen molar-refractivity contribution in [3.8, 4) is 6.07 Å². The highest BCUT2D eigenvalue weighted by atomic mass is 35.5. The molecule has 0 saturated heterocycles. The smallest absolute Gasteiger partial charge is 0.422 e. The lowest BCUT2D eigenvalue weighted by Crippen LogP contribution is -2.37. The summed E-state index contributed by atoms with van der Waals surface area (Å²) in [4.78, 5) is 11.2. The lowest BCUT2D eigenvalue weighted by Gasteiger charge is -2.12. The van der Waals surface area contributed by atoms with Crippen molar-refractivity contribution in [2.45, 2.75) is 20.0 Å². The zero-order valence-electron chi connectivity index (χ0n) is 10.7. The molecule has 1 amide bonds. The zero-order valence-corrected chi connectivity index (χ0v) is 12.2. The second kappa shape index (κ2) is 6.45. The monoisotopic (exact) mass is 317 g/mol. The van der Waals surface area contributed by atoms with Crippen LogP contribution in [0.4, 0.5) is 10.5 Å². The van der Waals surface area contributed by atoms with Crippen LogP contribution in [0.15, 0.2) is 18.2 Å². The van der Waals surface area contributed by atoms with E-state index >= 15 is 0 Å². The van der Waals surface area contributed by atoms with Gasteiger partial charge >= 0.3 is 16.3 Å². The summed E-state index contributed by atoms with van der Waals surface area (Å²) >= 11 is 5.72. The number of hydrogen-bond acceptors (Lipinski definition) is 5. The van der Waals surface area contributed by atoms with Gasteiger partial charge in [-0.05, 0) is 32.0 Å². The summed E-state index contributed by atoms with van der Waals surface area (Å²) in [6.45, 7) is 3.15. The topological polar surface area (TPSA) is 108 Å². The van der Waals surface area contributed by atoms with Crippen LogP contribution in [0.5, 0.6) is 0 Å². The Labute approximate surface area is 121 Å². The van der Waals surface area contributed by atoms with Gasteiger partial charge in [-0.15, -0.1) is 0 Å². The van der Waals surface area contributed by atoms with E-state index in [1.807, 2.05) is 4.72 Å². The molecule has 7 nitrogen and oxygen atoms in total. The van der Waals surface area contributed by atoms with E-state index in [1.54, 1.807) is 24.6 Å². The van der Waals surface area contributed by atoms with Crippen LogP contribution in [0.1, 0.15) is 19.4 Å². The molecule has 1 aromatic rings. The fourth-order valence-electron chi connectivity index (χ4n) is 1.22. The Bertz CT molecular complexity index is 652. The number of rotatable bonds is 4. The summed E-state index contributed by atoms with van der Waals surface area (Å²) in [7, 11) is -4.21. The molecular weight excluding hydrogens is 306 g/mol. The van der Waals surface area contributed by atoms with Gasteiger partial charge in [0.2, 0.25) is 0 Å². The highest BCUT2D eigenvalue weighted by molar-refractivity contribution is 7.91. The molecule has 108 valence electrons. The lowest BCUT2D eigenvalue weighted by molar-refractivity contribution is 0.121. The molecule has 0 aliphatic carbocycles. The molecule has 0 unspecified atom stereocenters. The van der Waals surface area contributed by atoms with Gasteiger partial charge < -0.3 is 4.74 Å². The third-order valence-corrected chi connectivity index (χ3v) is 3.07. The minimum absolute atomic E-state index is 0.0372. The number of halogens is 1. The Balaban J connectivity index is 2.89. The number of amides is 1. The van der Waals surface area contributed by atoms with Crippen LogP contribution in [0.2, 0.25) is 5.02 Å². The molecule has 0 fully saturated rings. The Kier molecular flexibility index (Phi) is 5.19. The van der Waals surface area contributed by atoms with E-state index in [4.69, 9.17) is 16.9 Å². The number of nitrogens with zero attached hydrogens (tertiary/aromatic N) is 1. The van der Waals surface area contributed by atoms with E-state index < -0.39 is 22.4 Å². The van der Waals surface area contributed by atoms with Gasteiger partial charge in [0.25, 0.3) is 0 Å². The third kappa shape index (κ3) is 4.95. The maximum absolute atomic E-state index is 11.7. The summed E-state index contributed by atoms with van der Waals surface area (Å²) in [5.74, 6) is 0. The fourth-order valence-corrected chi connectivity index (χ4v) is 2.17. The Morgan fingerprint density at radius 2 is 2.10 bits per heavy atom. The number of ether oxygens (including phenoxy) is 1. The number of carbonyl (C=O) groups is 1. The molecule has 2 N–H and O–H groups in total. The molecule has 0 aliphatic rings. The molecule has 1 rings (SSSR count). The van der Waals surface area contributed by atoms with Crippen molar-refractivity contribution in [2.75, 3.05) is 4.72 Å². The Morgan fingerprint density at radius 3 is 2.65 bits per heavy atom. The van der Waals surface area contributed by atoms with E-state index in [-0.39, 0.29) is 16.3 Å². The quantitative estimate of drug-likeness (QED) is 0.883. The Hall–Kier alpha value is -1.98. The molecule has 0 aromatic heterocycles. The predicted molar refractivity (Wildman–Crippen MR) is 73.5 cm³/mol. The van der Waals surface area contributed by atoms with Gasteiger partial charge in [0.05, 0.1) is 17.4 Å². The molecule has 0 spiro atoms. The SMILES string of the molecule is CC(C)OC(=O)NS(=O)(=O)Nc1cc(Cl)ccc1C#N. The molecule has 0 bridgehead atoms. The van der Waals surface area contributed by atoms with Crippen LogP contribution >= 0.6 is 11.6 Å². The number of anilines is 1. The van der Waals surface area contributed by atoms with Gasteiger partial charge in [0.15, 0.2) is 0 Å². The normalized spacial score (nSPS) is 10.8. The van der Waals surface area contributed by atoms with Crippen LogP contribution in [0, 0.1) is 11.3 Å². The van der Waals surface area contributed by atoms with E-state index in [2.05, 4.69) is 4.74 Å². The van der Waals surface area contributed by atoms with Gasteiger partial charge in [-0.2, -0.15) is 13.7 Å². The molecule has 0 heterocycles. The molecule has 0 aliphatic heterocycles. The second-order valence-corrected chi connectivity index (χ2v) is 5.81. The molecule has 9 heteroatoms. The van der Waals surface area contributed by atoms with Crippen LogP contribution < -0.4 is 9.44 Å². The largest absolute Gasteiger partial charge is 0.446 e. The molecule has 0 atom stereocenters. The van der Waals surface area contributed by atoms with Gasteiger partial charge in [-0.3, -0.25) is 4.72 Å². The summed E-state index contributed by atoms with van der Waals surface area (Å²) in [6, 6.07) is 5.86. The van der Waals surface area contributed by atoms with Crippen LogP contribution in [0.25, 0.3) is 0 Å². The van der Waals surface area contributed by atoms with E-state index in [0.29, 0.717) is 0 Å². The number of benzene rings is 1. The zero-order chi connectivity index (χ0) is 15.3. The summed E-state index contributed by atoms with van der Waals surface area (Å²) in [5.41, 5.74) is 0.0295. The molecule has 20 heavy (non-hydrogen) atoms. The molecule has 1 aromatic carbocycles. The van der Waals surface area contributed by atoms with E-state index in [1.165, 1.54) is 18.2 Å². The van der Waals surface area contributed by atoms with Crippen molar-refractivity contribution in [1.29, 1.82) is 5.26 Å². The maximum atomic E-state index is 11.7. The predicted octanol–water partition coefficient (Wildman–Crippen LogP) is 2.00. The fraction of sp³-hybridized carbons (Fsp3) is 0.273. The number of nitrogens with one attached hydrogen (secondary N) is 2. The molecule has 0 saturated carbocycles. The van der Waals surface area contributed by atoms with Gasteiger partial charge in [-0.1, -0.05) is 11.6 Å². The number of carbonyl (C=O) groups excluding carboxylic acids is 1. The standard InChI is InChI=1S/C11H12ClN3O4S/c1-7(2)19-11(16)15-20(17,18)14-10-5-9(12)4-3-8(10)6-13/h3-5,7,14H,1-2H3,(H,15,16). The van der Waals surface area contributed by atoms with Crippen LogP contribution in [-0.2, 0) is 14.9 Å². The van der Waals surface area contributed by atoms with E-state index in [0.717, 1.165) is 0 Å². The third-order valence-electron chi connectivity index (χ3n) is 1.91. The van der Waals surface area contributed by atoms with Crippen LogP contribution in [-0.4, -0.2) is 20.6 Å². The van der Waals surface area contributed by atoms with Crippen molar-refractivity contribution in [1.82, 2.24) is 4.72 Å². The van der Waals surface area contributed by atoms with Gasteiger partial charge in [0.1, 0.15) is 6.07 Å². The van der Waals surface area contributed by atoms with E-state index in [9.17, 15) is 13.2 Å². The van der Waals surface area contributed by atoms with Crippen molar-refractivity contribution < 1.29 is 17.9 Å².